The van der Waals surface area contributed by atoms with Crippen LogP contribution in [0.5, 0.6) is 5.75 Å². The number of hydrogen-bond donors (Lipinski definition) is 2. The van der Waals surface area contributed by atoms with Crippen molar-refractivity contribution in [1.82, 2.24) is 5.32 Å². The molecule has 0 atom stereocenters. The Morgan fingerprint density at radius 3 is 2.55 bits per heavy atom. The van der Waals surface area contributed by atoms with E-state index in [0.717, 1.165) is 11.3 Å². The summed E-state index contributed by atoms with van der Waals surface area (Å²) in [5.41, 5.74) is 1.63. The number of nitrogens with one attached hydrogen (secondary N) is 2. The van der Waals surface area contributed by atoms with Crippen LogP contribution in [0.2, 0.25) is 10.0 Å². The van der Waals surface area contributed by atoms with Gasteiger partial charge in [0.1, 0.15) is 5.75 Å². The third-order valence-electron chi connectivity index (χ3n) is 3.02. The van der Waals surface area contributed by atoms with Crippen molar-refractivity contribution in [3.63, 3.8) is 0 Å². The molecule has 0 saturated carbocycles. The Morgan fingerprint density at radius 1 is 1.14 bits per heavy atom. The molecule has 6 heteroatoms. The Morgan fingerprint density at radius 2 is 1.86 bits per heavy atom. The van der Waals surface area contributed by atoms with Crippen molar-refractivity contribution in [3.8, 4) is 5.75 Å². The van der Waals surface area contributed by atoms with Crippen LogP contribution in [-0.4, -0.2) is 19.6 Å². The van der Waals surface area contributed by atoms with E-state index in [0.29, 0.717) is 22.3 Å². The molecule has 0 saturated heterocycles. The van der Waals surface area contributed by atoms with Gasteiger partial charge in [0.05, 0.1) is 24.4 Å². The summed E-state index contributed by atoms with van der Waals surface area (Å²) >= 11 is 11.9. The highest BCUT2D eigenvalue weighted by molar-refractivity contribution is 6.35. The molecule has 2 rings (SSSR count). The number of anilines is 1. The smallest absolute Gasteiger partial charge is 0.239 e. The molecule has 0 fully saturated rings. The zero-order valence-electron chi connectivity index (χ0n) is 12.0. The van der Waals surface area contributed by atoms with Gasteiger partial charge >= 0.3 is 0 Å². The van der Waals surface area contributed by atoms with Crippen LogP contribution in [0.15, 0.2) is 42.5 Å². The van der Waals surface area contributed by atoms with Gasteiger partial charge in [0.25, 0.3) is 0 Å². The van der Waals surface area contributed by atoms with Crippen molar-refractivity contribution < 1.29 is 9.53 Å². The van der Waals surface area contributed by atoms with Gasteiger partial charge in [-0.05, 0) is 35.9 Å². The zero-order valence-corrected chi connectivity index (χ0v) is 13.5. The monoisotopic (exact) mass is 338 g/mol. The molecule has 0 aromatic heterocycles. The fourth-order valence-electron chi connectivity index (χ4n) is 1.82. The topological polar surface area (TPSA) is 50.4 Å². The summed E-state index contributed by atoms with van der Waals surface area (Å²) in [4.78, 5) is 11.8. The molecular weight excluding hydrogens is 323 g/mol. The number of carbonyl (C=O) groups is 1. The van der Waals surface area contributed by atoms with Crippen LogP contribution in [0.25, 0.3) is 0 Å². The number of carbonyl (C=O) groups excluding carboxylic acids is 1. The number of halogens is 2. The molecule has 4 nitrogen and oxygen atoms in total. The van der Waals surface area contributed by atoms with Gasteiger partial charge in [-0.3, -0.25) is 4.79 Å². The standard InChI is InChI=1S/C16H16Cl2N2O2/c1-22-13-5-2-11(3-6-13)9-20-16(21)10-19-15-8-12(17)4-7-14(15)18/h2-8,19H,9-10H2,1H3,(H,20,21). The van der Waals surface area contributed by atoms with Crippen LogP contribution in [0.4, 0.5) is 5.69 Å². The third-order valence-corrected chi connectivity index (χ3v) is 3.58. The molecule has 0 unspecified atom stereocenters. The average Bonchev–Trinajstić information content (AvgIpc) is 2.54. The predicted octanol–water partition coefficient (Wildman–Crippen LogP) is 3.73. The Labute approximate surface area is 139 Å². The van der Waals surface area contributed by atoms with Crippen LogP contribution in [0.3, 0.4) is 0 Å². The maximum Gasteiger partial charge on any atom is 0.239 e. The maximum atomic E-state index is 11.8. The van der Waals surface area contributed by atoms with E-state index in [1.807, 2.05) is 24.3 Å². The highest BCUT2D eigenvalue weighted by atomic mass is 35.5. The minimum absolute atomic E-state index is 0.121. The molecule has 22 heavy (non-hydrogen) atoms. The van der Waals surface area contributed by atoms with E-state index in [-0.39, 0.29) is 12.5 Å². The summed E-state index contributed by atoms with van der Waals surface area (Å²) in [7, 11) is 1.61. The van der Waals surface area contributed by atoms with Crippen molar-refractivity contribution in [2.45, 2.75) is 6.54 Å². The maximum absolute atomic E-state index is 11.8. The number of amides is 1. The van der Waals surface area contributed by atoms with Gasteiger partial charge < -0.3 is 15.4 Å². The number of rotatable bonds is 6. The lowest BCUT2D eigenvalue weighted by atomic mass is 10.2. The molecule has 0 aliphatic heterocycles. The second-order valence-electron chi connectivity index (χ2n) is 4.60. The summed E-state index contributed by atoms with van der Waals surface area (Å²) in [6.07, 6.45) is 0. The SMILES string of the molecule is COc1ccc(CNC(=O)CNc2cc(Cl)ccc2Cl)cc1. The van der Waals surface area contributed by atoms with Gasteiger partial charge in [-0.15, -0.1) is 0 Å². The summed E-state index contributed by atoms with van der Waals surface area (Å²) in [6, 6.07) is 12.6. The third kappa shape index (κ3) is 4.83. The summed E-state index contributed by atoms with van der Waals surface area (Å²) < 4.78 is 5.08. The Balaban J connectivity index is 1.81. The van der Waals surface area contributed by atoms with Crippen molar-refractivity contribution in [2.24, 2.45) is 0 Å². The highest BCUT2D eigenvalue weighted by Gasteiger charge is 2.05. The van der Waals surface area contributed by atoms with Gasteiger partial charge in [0, 0.05) is 11.6 Å². The van der Waals surface area contributed by atoms with Crippen LogP contribution < -0.4 is 15.4 Å². The molecule has 0 radical (unpaired) electrons. The largest absolute Gasteiger partial charge is 0.497 e. The van der Waals surface area contributed by atoms with Crippen molar-refractivity contribution in [1.29, 1.82) is 0 Å². The van der Waals surface area contributed by atoms with Crippen LogP contribution in [0.1, 0.15) is 5.56 Å². The molecule has 1 amide bonds. The molecule has 0 bridgehead atoms. The van der Waals surface area contributed by atoms with Crippen molar-refractivity contribution >= 4 is 34.8 Å². The first-order chi connectivity index (χ1) is 10.6. The Bertz CT molecular complexity index is 645. The average molecular weight is 339 g/mol. The minimum atomic E-state index is -0.133. The normalized spacial score (nSPS) is 10.1. The predicted molar refractivity (Wildman–Crippen MR) is 89.8 cm³/mol. The molecule has 0 spiro atoms. The second kappa shape index (κ2) is 7.92. The number of methoxy groups -OCH3 is 1. The van der Waals surface area contributed by atoms with E-state index in [2.05, 4.69) is 10.6 Å². The number of hydrogen-bond acceptors (Lipinski definition) is 3. The summed E-state index contributed by atoms with van der Waals surface area (Å²) in [5, 5.41) is 6.86. The molecule has 0 aliphatic rings. The van der Waals surface area contributed by atoms with Crippen molar-refractivity contribution in [2.75, 3.05) is 19.0 Å². The minimum Gasteiger partial charge on any atom is -0.497 e. The summed E-state index contributed by atoms with van der Waals surface area (Å²) in [5.74, 6) is 0.652. The Kier molecular flexibility index (Phi) is 5.92. The summed E-state index contributed by atoms with van der Waals surface area (Å²) in [6.45, 7) is 0.573. The lowest BCUT2D eigenvalue weighted by Crippen LogP contribution is -2.29. The van der Waals surface area contributed by atoms with Gasteiger partial charge in [-0.2, -0.15) is 0 Å². The first kappa shape index (κ1) is 16.5. The second-order valence-corrected chi connectivity index (χ2v) is 5.45. The molecule has 2 aromatic carbocycles. The number of ether oxygens (including phenoxy) is 1. The Hall–Kier alpha value is -1.91. The molecule has 2 aromatic rings. The van der Waals surface area contributed by atoms with E-state index in [4.69, 9.17) is 27.9 Å². The molecular formula is C16H16Cl2N2O2. The molecule has 116 valence electrons. The van der Waals surface area contributed by atoms with Crippen molar-refractivity contribution in [3.05, 3.63) is 58.1 Å². The van der Waals surface area contributed by atoms with Crippen LogP contribution in [0, 0.1) is 0 Å². The van der Waals surface area contributed by atoms with Crippen LogP contribution >= 0.6 is 23.2 Å². The van der Waals surface area contributed by atoms with Gasteiger partial charge in [0.15, 0.2) is 0 Å². The fourth-order valence-corrected chi connectivity index (χ4v) is 2.17. The quantitative estimate of drug-likeness (QED) is 0.843. The van der Waals surface area contributed by atoms with Gasteiger partial charge in [0.2, 0.25) is 5.91 Å². The van der Waals surface area contributed by atoms with E-state index in [9.17, 15) is 4.79 Å². The van der Waals surface area contributed by atoms with E-state index < -0.39 is 0 Å². The van der Waals surface area contributed by atoms with E-state index in [1.165, 1.54) is 0 Å². The number of benzene rings is 2. The van der Waals surface area contributed by atoms with Gasteiger partial charge in [-0.1, -0.05) is 35.3 Å². The zero-order chi connectivity index (χ0) is 15.9. The lowest BCUT2D eigenvalue weighted by molar-refractivity contribution is -0.119. The van der Waals surface area contributed by atoms with E-state index in [1.54, 1.807) is 25.3 Å². The first-order valence-corrected chi connectivity index (χ1v) is 7.42. The highest BCUT2D eigenvalue weighted by Crippen LogP contribution is 2.25. The first-order valence-electron chi connectivity index (χ1n) is 6.67. The fraction of sp³-hybridized carbons (Fsp3) is 0.188. The molecule has 0 aliphatic carbocycles. The van der Waals surface area contributed by atoms with E-state index >= 15 is 0 Å². The van der Waals surface area contributed by atoms with Crippen LogP contribution in [-0.2, 0) is 11.3 Å². The lowest BCUT2D eigenvalue weighted by Gasteiger charge is -2.10. The molecule has 2 N–H and O–H groups in total. The van der Waals surface area contributed by atoms with Gasteiger partial charge in [-0.25, -0.2) is 0 Å². The molecule has 0 heterocycles.